The van der Waals surface area contributed by atoms with Gasteiger partial charge in [-0.25, -0.2) is 4.79 Å². The van der Waals surface area contributed by atoms with E-state index in [1.807, 2.05) is 30.3 Å². The molecule has 2 rings (SSSR count). The van der Waals surface area contributed by atoms with E-state index in [-0.39, 0.29) is 31.7 Å². The van der Waals surface area contributed by atoms with E-state index in [1.54, 1.807) is 52.8 Å². The summed E-state index contributed by atoms with van der Waals surface area (Å²) in [6.07, 6.45) is -0.737. The summed E-state index contributed by atoms with van der Waals surface area (Å²) in [5.41, 5.74) is -0.732. The standard InChI is InChI=1S/C28H40N2O9S2/c1-27(2,3)38-26(32)30-24(19-22-13-8-6-9-14-22)25(31)29-20-28(4,5)21-37-40(33,34)17-12-18-41(35,36)39-23-15-10-7-11-16-23/h6-11,13-16,24H,12,17-21H2,1-5H3,(H,29,31)(H,30,32)/t24-/m0/s1. The minimum absolute atomic E-state index is 0.0436. The van der Waals surface area contributed by atoms with Crippen LogP contribution in [-0.2, 0) is 40.4 Å². The number of carbonyl (C=O) groups excluding carboxylic acids is 2. The highest BCUT2D eigenvalue weighted by molar-refractivity contribution is 7.87. The molecule has 0 aliphatic carbocycles. The predicted octanol–water partition coefficient (Wildman–Crippen LogP) is 3.41. The second kappa shape index (κ2) is 14.6. The normalized spacial score (nSPS) is 13.2. The number of nitrogens with one attached hydrogen (secondary N) is 2. The summed E-state index contributed by atoms with van der Waals surface area (Å²) >= 11 is 0. The smallest absolute Gasteiger partial charge is 0.408 e. The van der Waals surface area contributed by atoms with Gasteiger partial charge >= 0.3 is 16.2 Å². The van der Waals surface area contributed by atoms with Gasteiger partial charge in [0.1, 0.15) is 17.4 Å². The quantitative estimate of drug-likeness (QED) is 0.288. The molecule has 2 amide bonds. The largest absolute Gasteiger partial charge is 0.444 e. The maximum absolute atomic E-state index is 13.1. The van der Waals surface area contributed by atoms with Gasteiger partial charge < -0.3 is 19.6 Å². The lowest BCUT2D eigenvalue weighted by molar-refractivity contribution is -0.123. The molecule has 0 spiro atoms. The van der Waals surface area contributed by atoms with Gasteiger partial charge in [-0.3, -0.25) is 8.98 Å². The van der Waals surface area contributed by atoms with Gasteiger partial charge in [-0.15, -0.1) is 0 Å². The molecule has 0 aromatic heterocycles. The topological polar surface area (TPSA) is 154 Å². The van der Waals surface area contributed by atoms with E-state index in [2.05, 4.69) is 10.6 Å². The SMILES string of the molecule is CC(C)(CNC(=O)[C@H](Cc1ccccc1)NC(=O)OC(C)(C)C)COS(=O)(=O)CCCS(=O)(=O)Oc1ccccc1. The summed E-state index contributed by atoms with van der Waals surface area (Å²) in [6.45, 7) is 8.34. The Kier molecular flexibility index (Phi) is 12.2. The Hall–Kier alpha value is -3.16. The maximum Gasteiger partial charge on any atom is 0.408 e. The lowest BCUT2D eigenvalue weighted by Crippen LogP contribution is -2.51. The Balaban J connectivity index is 1.88. The number of amides is 2. The van der Waals surface area contributed by atoms with Crippen LogP contribution in [0.15, 0.2) is 60.7 Å². The van der Waals surface area contributed by atoms with Crippen molar-refractivity contribution in [3.63, 3.8) is 0 Å². The number of hydrogen-bond acceptors (Lipinski definition) is 9. The van der Waals surface area contributed by atoms with E-state index in [9.17, 15) is 26.4 Å². The fourth-order valence-corrected chi connectivity index (χ4v) is 5.68. The summed E-state index contributed by atoms with van der Waals surface area (Å²) in [4.78, 5) is 25.4. The molecule has 1 atom stereocenters. The van der Waals surface area contributed by atoms with Crippen molar-refractivity contribution >= 4 is 32.2 Å². The number of ether oxygens (including phenoxy) is 1. The molecule has 2 N–H and O–H groups in total. The Bertz CT molecular complexity index is 1340. The van der Waals surface area contributed by atoms with Crippen molar-refractivity contribution in [2.24, 2.45) is 5.41 Å². The number of para-hydroxylation sites is 1. The first-order chi connectivity index (χ1) is 19.0. The van der Waals surface area contributed by atoms with E-state index in [0.717, 1.165) is 5.56 Å². The molecule has 0 saturated carbocycles. The van der Waals surface area contributed by atoms with Crippen LogP contribution in [0.4, 0.5) is 4.79 Å². The molecule has 2 aromatic carbocycles. The van der Waals surface area contributed by atoms with Gasteiger partial charge in [-0.1, -0.05) is 62.4 Å². The van der Waals surface area contributed by atoms with Crippen molar-refractivity contribution in [1.82, 2.24) is 10.6 Å². The average Bonchev–Trinajstić information content (AvgIpc) is 2.85. The van der Waals surface area contributed by atoms with Gasteiger partial charge in [0, 0.05) is 18.4 Å². The Morgan fingerprint density at radius 2 is 1.39 bits per heavy atom. The maximum atomic E-state index is 13.1. The zero-order valence-electron chi connectivity index (χ0n) is 24.1. The molecular formula is C28H40N2O9S2. The van der Waals surface area contributed by atoms with Crippen LogP contribution in [0.3, 0.4) is 0 Å². The molecule has 228 valence electrons. The number of carbonyl (C=O) groups is 2. The van der Waals surface area contributed by atoms with Crippen LogP contribution >= 0.6 is 0 Å². The van der Waals surface area contributed by atoms with Crippen molar-refractivity contribution in [2.75, 3.05) is 24.7 Å². The number of rotatable bonds is 15. The molecule has 0 bridgehead atoms. The van der Waals surface area contributed by atoms with Crippen LogP contribution < -0.4 is 14.8 Å². The van der Waals surface area contributed by atoms with E-state index in [0.29, 0.717) is 0 Å². The summed E-state index contributed by atoms with van der Waals surface area (Å²) in [5.74, 6) is -1.36. The third-order valence-electron chi connectivity index (χ3n) is 5.42. The van der Waals surface area contributed by atoms with Crippen molar-refractivity contribution in [1.29, 1.82) is 0 Å². The lowest BCUT2D eigenvalue weighted by atomic mass is 9.94. The third-order valence-corrected chi connectivity index (χ3v) is 7.92. The van der Waals surface area contributed by atoms with Gasteiger partial charge in [-0.05, 0) is 44.9 Å². The van der Waals surface area contributed by atoms with E-state index in [4.69, 9.17) is 13.1 Å². The zero-order chi connectivity index (χ0) is 30.7. The van der Waals surface area contributed by atoms with E-state index >= 15 is 0 Å². The van der Waals surface area contributed by atoms with Crippen molar-refractivity contribution in [3.8, 4) is 5.75 Å². The molecule has 13 heteroatoms. The lowest BCUT2D eigenvalue weighted by Gasteiger charge is -2.27. The fraction of sp³-hybridized carbons (Fsp3) is 0.500. The predicted molar refractivity (Wildman–Crippen MR) is 155 cm³/mol. The zero-order valence-corrected chi connectivity index (χ0v) is 25.7. The molecule has 41 heavy (non-hydrogen) atoms. The summed E-state index contributed by atoms with van der Waals surface area (Å²) < 4.78 is 64.4. The summed E-state index contributed by atoms with van der Waals surface area (Å²) in [5, 5.41) is 5.36. The second-order valence-electron chi connectivity index (χ2n) is 11.3. The Morgan fingerprint density at radius 1 is 0.829 bits per heavy atom. The second-order valence-corrected chi connectivity index (χ2v) is 14.8. The first kappa shape index (κ1) is 34.0. The van der Waals surface area contributed by atoms with Crippen molar-refractivity contribution in [3.05, 3.63) is 66.2 Å². The molecule has 0 aliphatic heterocycles. The Morgan fingerprint density at radius 3 is 1.98 bits per heavy atom. The number of benzene rings is 2. The minimum Gasteiger partial charge on any atom is -0.444 e. The van der Waals surface area contributed by atoms with Crippen molar-refractivity contribution < 1.29 is 39.5 Å². The van der Waals surface area contributed by atoms with Crippen LogP contribution in [0.1, 0.15) is 46.6 Å². The molecule has 2 aromatic rings. The molecule has 0 unspecified atom stereocenters. The van der Waals surface area contributed by atoms with Crippen LogP contribution in [0, 0.1) is 5.41 Å². The highest BCUT2D eigenvalue weighted by Crippen LogP contribution is 2.17. The molecule has 0 aliphatic rings. The highest BCUT2D eigenvalue weighted by Gasteiger charge is 2.28. The monoisotopic (exact) mass is 612 g/mol. The number of alkyl carbamates (subject to hydrolysis) is 1. The Labute approximate surface area is 243 Å². The van der Waals surface area contributed by atoms with Crippen LogP contribution in [-0.4, -0.2) is 65.1 Å². The van der Waals surface area contributed by atoms with Crippen molar-refractivity contribution in [2.45, 2.75) is 59.1 Å². The highest BCUT2D eigenvalue weighted by atomic mass is 32.2. The average molecular weight is 613 g/mol. The van der Waals surface area contributed by atoms with Gasteiger partial charge in [0.15, 0.2) is 0 Å². The molecule has 0 saturated heterocycles. The van der Waals surface area contributed by atoms with Crippen LogP contribution in [0.2, 0.25) is 0 Å². The first-order valence-corrected chi connectivity index (χ1v) is 16.3. The molecule has 0 radical (unpaired) electrons. The number of hydrogen-bond donors (Lipinski definition) is 2. The molecule has 0 fully saturated rings. The van der Waals surface area contributed by atoms with Gasteiger partial charge in [0.2, 0.25) is 5.91 Å². The van der Waals surface area contributed by atoms with Crippen LogP contribution in [0.5, 0.6) is 5.75 Å². The minimum atomic E-state index is -4.05. The summed E-state index contributed by atoms with van der Waals surface area (Å²) in [7, 11) is -8.02. The van der Waals surface area contributed by atoms with Gasteiger partial charge in [-0.2, -0.15) is 16.8 Å². The molecular weight excluding hydrogens is 572 g/mol. The van der Waals surface area contributed by atoms with Crippen LogP contribution in [0.25, 0.3) is 0 Å². The molecule has 0 heterocycles. The first-order valence-electron chi connectivity index (χ1n) is 13.1. The van der Waals surface area contributed by atoms with Gasteiger partial charge in [0.25, 0.3) is 10.1 Å². The fourth-order valence-electron chi connectivity index (χ4n) is 3.39. The van der Waals surface area contributed by atoms with E-state index < -0.39 is 60.8 Å². The van der Waals surface area contributed by atoms with E-state index in [1.165, 1.54) is 12.1 Å². The van der Waals surface area contributed by atoms with Gasteiger partial charge in [0.05, 0.1) is 18.1 Å². The molecule has 11 nitrogen and oxygen atoms in total. The third kappa shape index (κ3) is 14.3. The summed E-state index contributed by atoms with van der Waals surface area (Å²) in [6, 6.07) is 16.1.